The van der Waals surface area contributed by atoms with Gasteiger partial charge >= 0.3 is 10.8 Å². The second-order valence-corrected chi connectivity index (χ2v) is 4.67. The molecule has 0 bridgehead atoms. The largest absolute Gasteiger partial charge is 0.481 e. The molecule has 0 saturated heterocycles. The van der Waals surface area contributed by atoms with Crippen LogP contribution < -0.4 is 4.87 Å². The highest BCUT2D eigenvalue weighted by molar-refractivity contribution is 7.11. The van der Waals surface area contributed by atoms with Gasteiger partial charge in [0.25, 0.3) is 5.91 Å². The van der Waals surface area contributed by atoms with Crippen molar-refractivity contribution < 1.29 is 14.7 Å². The predicted molar refractivity (Wildman–Crippen MR) is 63.5 cm³/mol. The maximum atomic E-state index is 11.9. The summed E-state index contributed by atoms with van der Waals surface area (Å²) in [5.41, 5.74) is 0.604. The summed E-state index contributed by atoms with van der Waals surface area (Å²) in [6, 6.07) is 0. The van der Waals surface area contributed by atoms with Crippen molar-refractivity contribution in [3.05, 3.63) is 20.2 Å². The van der Waals surface area contributed by atoms with E-state index >= 15 is 0 Å². The molecule has 0 aliphatic rings. The van der Waals surface area contributed by atoms with Gasteiger partial charge in [-0.05, 0) is 6.92 Å². The molecule has 17 heavy (non-hydrogen) atoms. The molecule has 0 unspecified atom stereocenters. The molecule has 1 aromatic rings. The van der Waals surface area contributed by atoms with Crippen LogP contribution in [0.3, 0.4) is 0 Å². The van der Waals surface area contributed by atoms with Crippen LogP contribution in [0.2, 0.25) is 0 Å². The molecule has 1 heterocycles. The van der Waals surface area contributed by atoms with E-state index in [4.69, 9.17) is 5.11 Å². The number of hydrogen-bond acceptors (Lipinski definition) is 4. The highest BCUT2D eigenvalue weighted by Crippen LogP contribution is 2.13. The number of hydrogen-bond donors (Lipinski definition) is 1. The van der Waals surface area contributed by atoms with E-state index in [0.29, 0.717) is 10.6 Å². The Hall–Kier alpha value is -1.63. The van der Waals surface area contributed by atoms with Crippen molar-refractivity contribution >= 4 is 23.2 Å². The molecule has 0 aromatic carbocycles. The van der Waals surface area contributed by atoms with E-state index in [1.165, 1.54) is 16.5 Å². The van der Waals surface area contributed by atoms with Crippen molar-refractivity contribution in [1.29, 1.82) is 0 Å². The van der Waals surface area contributed by atoms with Crippen molar-refractivity contribution in [1.82, 2.24) is 9.47 Å². The monoisotopic (exact) mass is 258 g/mol. The highest BCUT2D eigenvalue weighted by atomic mass is 32.1. The summed E-state index contributed by atoms with van der Waals surface area (Å²) in [4.78, 5) is 35.2. The molecule has 0 aliphatic carbocycles. The molecule has 0 fully saturated rings. The van der Waals surface area contributed by atoms with E-state index in [1.807, 2.05) is 0 Å². The number of rotatable bonds is 4. The molecule has 0 saturated carbocycles. The van der Waals surface area contributed by atoms with Crippen LogP contribution >= 0.6 is 11.3 Å². The van der Waals surface area contributed by atoms with Crippen molar-refractivity contribution in [2.45, 2.75) is 13.3 Å². The first-order valence-corrected chi connectivity index (χ1v) is 5.80. The fourth-order valence-electron chi connectivity index (χ4n) is 1.26. The van der Waals surface area contributed by atoms with E-state index in [2.05, 4.69) is 0 Å². The summed E-state index contributed by atoms with van der Waals surface area (Å²) in [6.07, 6.45) is -0.108. The average Bonchev–Trinajstić information content (AvgIpc) is 2.52. The Kier molecular flexibility index (Phi) is 4.06. The lowest BCUT2D eigenvalue weighted by molar-refractivity contribution is -0.137. The van der Waals surface area contributed by atoms with Crippen molar-refractivity contribution in [2.75, 3.05) is 13.6 Å². The van der Waals surface area contributed by atoms with E-state index < -0.39 is 5.97 Å². The van der Waals surface area contributed by atoms with Crippen molar-refractivity contribution in [2.24, 2.45) is 7.05 Å². The lowest BCUT2D eigenvalue weighted by atomic mass is 10.3. The first-order valence-electron chi connectivity index (χ1n) is 4.98. The number of carboxylic acid groups (broad SMARTS) is 1. The molecule has 1 amide bonds. The summed E-state index contributed by atoms with van der Waals surface area (Å²) < 4.78 is 1.41. The Labute approximate surface area is 102 Å². The lowest BCUT2D eigenvalue weighted by Gasteiger charge is -2.15. The number of nitrogens with zero attached hydrogens (tertiary/aromatic N) is 2. The summed E-state index contributed by atoms with van der Waals surface area (Å²) in [5.74, 6) is -1.27. The maximum absolute atomic E-state index is 11.9. The van der Waals surface area contributed by atoms with Gasteiger partial charge in [0, 0.05) is 26.3 Å². The van der Waals surface area contributed by atoms with E-state index in [0.717, 1.165) is 11.3 Å². The minimum atomic E-state index is -0.956. The molecule has 1 N–H and O–H groups in total. The number of aromatic nitrogens is 1. The normalized spacial score (nSPS) is 10.3. The number of carbonyl (C=O) groups is 2. The first-order chi connectivity index (χ1) is 7.84. The molecule has 1 aromatic heterocycles. The Balaban J connectivity index is 2.85. The standard InChI is InChI=1S/C10H14N2O4S/c1-6-8(17-10(16)12(6)3)9(15)11(2)5-4-7(13)14/h4-5H2,1-3H3,(H,13,14). The van der Waals surface area contributed by atoms with Gasteiger partial charge < -0.3 is 14.6 Å². The topological polar surface area (TPSA) is 79.6 Å². The van der Waals surface area contributed by atoms with Crippen LogP contribution in [-0.2, 0) is 11.8 Å². The molecule has 7 heteroatoms. The Morgan fingerprint density at radius 1 is 1.47 bits per heavy atom. The third-order valence-corrected chi connectivity index (χ3v) is 3.62. The van der Waals surface area contributed by atoms with E-state index in [-0.39, 0.29) is 23.7 Å². The molecule has 0 radical (unpaired) electrons. The fourth-order valence-corrected chi connectivity index (χ4v) is 2.23. The van der Waals surface area contributed by atoms with Crippen LogP contribution in [0, 0.1) is 6.92 Å². The summed E-state index contributed by atoms with van der Waals surface area (Å²) in [7, 11) is 3.12. The van der Waals surface area contributed by atoms with Gasteiger partial charge in [0.1, 0.15) is 4.88 Å². The fraction of sp³-hybridized carbons (Fsp3) is 0.500. The zero-order valence-corrected chi connectivity index (χ0v) is 10.7. The predicted octanol–water partition coefficient (Wildman–Crippen LogP) is 0.302. The minimum absolute atomic E-state index is 0.108. The van der Waals surface area contributed by atoms with Crippen molar-refractivity contribution in [3.8, 4) is 0 Å². The molecule has 1 rings (SSSR count). The van der Waals surface area contributed by atoms with Gasteiger partial charge in [-0.2, -0.15) is 0 Å². The SMILES string of the molecule is Cc1c(C(=O)N(C)CCC(=O)O)sc(=O)n1C. The van der Waals surface area contributed by atoms with Crippen LogP contribution in [0.15, 0.2) is 4.79 Å². The van der Waals surface area contributed by atoms with Gasteiger partial charge in [-0.1, -0.05) is 11.3 Å². The van der Waals surface area contributed by atoms with Gasteiger partial charge in [-0.25, -0.2) is 0 Å². The summed E-state index contributed by atoms with van der Waals surface area (Å²) >= 11 is 0.880. The Morgan fingerprint density at radius 2 is 2.06 bits per heavy atom. The molecule has 0 atom stereocenters. The molecule has 94 valence electrons. The minimum Gasteiger partial charge on any atom is -0.481 e. The average molecular weight is 258 g/mol. The smallest absolute Gasteiger partial charge is 0.307 e. The van der Waals surface area contributed by atoms with E-state index in [9.17, 15) is 14.4 Å². The number of carbonyl (C=O) groups excluding carboxylic acids is 1. The quantitative estimate of drug-likeness (QED) is 0.842. The molecular formula is C10H14N2O4S. The van der Waals surface area contributed by atoms with Crippen LogP contribution in [0.1, 0.15) is 21.8 Å². The Bertz CT molecular complexity index is 503. The maximum Gasteiger partial charge on any atom is 0.307 e. The summed E-state index contributed by atoms with van der Waals surface area (Å²) in [5, 5.41) is 8.53. The Morgan fingerprint density at radius 3 is 2.47 bits per heavy atom. The van der Waals surface area contributed by atoms with Gasteiger partial charge in [-0.15, -0.1) is 0 Å². The third kappa shape index (κ3) is 2.94. The highest BCUT2D eigenvalue weighted by Gasteiger charge is 2.19. The lowest BCUT2D eigenvalue weighted by Crippen LogP contribution is -2.29. The number of thiazole rings is 1. The molecule has 0 aliphatic heterocycles. The first kappa shape index (κ1) is 13.4. The number of aliphatic carboxylic acids is 1. The molecule has 6 nitrogen and oxygen atoms in total. The van der Waals surface area contributed by atoms with Crippen LogP contribution in [-0.4, -0.2) is 40.0 Å². The second-order valence-electron chi connectivity index (χ2n) is 3.71. The zero-order chi connectivity index (χ0) is 13.2. The van der Waals surface area contributed by atoms with Gasteiger partial charge in [0.2, 0.25) is 0 Å². The van der Waals surface area contributed by atoms with Crippen LogP contribution in [0.4, 0.5) is 0 Å². The third-order valence-electron chi connectivity index (χ3n) is 2.50. The number of amides is 1. The molecule has 0 spiro atoms. The molecular weight excluding hydrogens is 244 g/mol. The van der Waals surface area contributed by atoms with Gasteiger partial charge in [-0.3, -0.25) is 14.4 Å². The van der Waals surface area contributed by atoms with Gasteiger partial charge in [0.15, 0.2) is 0 Å². The van der Waals surface area contributed by atoms with Gasteiger partial charge in [0.05, 0.1) is 6.42 Å². The van der Waals surface area contributed by atoms with Crippen molar-refractivity contribution in [3.63, 3.8) is 0 Å². The second kappa shape index (κ2) is 5.13. The summed E-state index contributed by atoms with van der Waals surface area (Å²) in [6.45, 7) is 1.82. The van der Waals surface area contributed by atoms with Crippen LogP contribution in [0.5, 0.6) is 0 Å². The zero-order valence-electron chi connectivity index (χ0n) is 9.89. The van der Waals surface area contributed by atoms with E-state index in [1.54, 1.807) is 14.0 Å². The number of carboxylic acids is 1. The van der Waals surface area contributed by atoms with Crippen LogP contribution in [0.25, 0.3) is 0 Å².